The largest absolute Gasteiger partial charge is 0.466 e. The van der Waals surface area contributed by atoms with Gasteiger partial charge in [-0.3, -0.25) is 9.59 Å². The zero-order chi connectivity index (χ0) is 32.3. The van der Waals surface area contributed by atoms with Crippen molar-refractivity contribution in [3.63, 3.8) is 0 Å². The van der Waals surface area contributed by atoms with Crippen molar-refractivity contribution in [1.82, 2.24) is 10.6 Å². The van der Waals surface area contributed by atoms with Gasteiger partial charge in [0.05, 0.1) is 18.2 Å². The SMILES string of the molecule is COC(=O)C(C)(NC(=O)c1ccc(-c2ccc(C(F)(F)F)cc2)cc1)NC(=O)c1ccc(-c2ccc(C(F)(F)F)cc2)cc1. The Morgan fingerprint density at radius 1 is 0.523 bits per heavy atom. The van der Waals surface area contributed by atoms with Crippen LogP contribution in [-0.4, -0.2) is 30.6 Å². The number of benzene rings is 4. The van der Waals surface area contributed by atoms with Gasteiger partial charge in [-0.05, 0) is 77.7 Å². The van der Waals surface area contributed by atoms with E-state index < -0.39 is 46.9 Å². The van der Waals surface area contributed by atoms with Gasteiger partial charge in [0.2, 0.25) is 5.66 Å². The van der Waals surface area contributed by atoms with E-state index in [4.69, 9.17) is 4.74 Å². The first kappa shape index (κ1) is 31.8. The lowest BCUT2D eigenvalue weighted by molar-refractivity contribution is -0.148. The van der Waals surface area contributed by atoms with Gasteiger partial charge in [0.1, 0.15) is 0 Å². The van der Waals surface area contributed by atoms with Crippen LogP contribution in [0.4, 0.5) is 26.3 Å². The number of methoxy groups -OCH3 is 1. The summed E-state index contributed by atoms with van der Waals surface area (Å²) >= 11 is 0. The Bertz CT molecular complexity index is 1530. The average molecular weight is 615 g/mol. The highest BCUT2D eigenvalue weighted by molar-refractivity contribution is 6.02. The molecule has 2 N–H and O–H groups in total. The third-order valence-electron chi connectivity index (χ3n) is 6.71. The number of esters is 1. The zero-order valence-electron chi connectivity index (χ0n) is 23.1. The molecule has 0 atom stereocenters. The molecule has 228 valence electrons. The molecule has 0 saturated heterocycles. The molecule has 12 heteroatoms. The fourth-order valence-electron chi connectivity index (χ4n) is 4.27. The van der Waals surface area contributed by atoms with Crippen molar-refractivity contribution in [1.29, 1.82) is 0 Å². The van der Waals surface area contributed by atoms with Gasteiger partial charge in [0, 0.05) is 11.1 Å². The number of halogens is 6. The minimum atomic E-state index is -4.47. The van der Waals surface area contributed by atoms with Crippen molar-refractivity contribution in [2.24, 2.45) is 0 Å². The number of ether oxygens (including phenoxy) is 1. The molecule has 0 aliphatic heterocycles. The summed E-state index contributed by atoms with van der Waals surface area (Å²) in [5, 5.41) is 4.87. The highest BCUT2D eigenvalue weighted by atomic mass is 19.4. The Balaban J connectivity index is 1.46. The Kier molecular flexibility index (Phi) is 8.84. The van der Waals surface area contributed by atoms with Crippen LogP contribution in [0.1, 0.15) is 38.8 Å². The van der Waals surface area contributed by atoms with Gasteiger partial charge in [0.15, 0.2) is 0 Å². The number of alkyl halides is 6. The van der Waals surface area contributed by atoms with Gasteiger partial charge < -0.3 is 15.4 Å². The third kappa shape index (κ3) is 7.25. The van der Waals surface area contributed by atoms with E-state index in [0.717, 1.165) is 31.4 Å². The van der Waals surface area contributed by atoms with E-state index in [-0.39, 0.29) is 11.1 Å². The Morgan fingerprint density at radius 2 is 0.795 bits per heavy atom. The molecule has 4 aromatic carbocycles. The first-order chi connectivity index (χ1) is 20.6. The second-order valence-corrected chi connectivity index (χ2v) is 9.83. The number of hydrogen-bond acceptors (Lipinski definition) is 4. The summed E-state index contributed by atoms with van der Waals surface area (Å²) in [5.74, 6) is -2.49. The Labute approximate surface area is 247 Å². The lowest BCUT2D eigenvalue weighted by atomic mass is 10.0. The van der Waals surface area contributed by atoms with Crippen LogP contribution in [0.3, 0.4) is 0 Å². The van der Waals surface area contributed by atoms with Crippen LogP contribution in [-0.2, 0) is 21.9 Å². The first-order valence-corrected chi connectivity index (χ1v) is 12.9. The van der Waals surface area contributed by atoms with Crippen molar-refractivity contribution >= 4 is 17.8 Å². The number of carbonyl (C=O) groups excluding carboxylic acids is 3. The molecule has 6 nitrogen and oxygen atoms in total. The molecule has 0 bridgehead atoms. The van der Waals surface area contributed by atoms with Crippen molar-refractivity contribution in [3.05, 3.63) is 119 Å². The highest BCUT2D eigenvalue weighted by Crippen LogP contribution is 2.32. The Hall–Kier alpha value is -5.13. The summed E-state index contributed by atoms with van der Waals surface area (Å²) in [7, 11) is 1.07. The van der Waals surface area contributed by atoms with Crippen LogP contribution < -0.4 is 10.6 Å². The fraction of sp³-hybridized carbons (Fsp3) is 0.156. The fourth-order valence-corrected chi connectivity index (χ4v) is 4.27. The maximum atomic E-state index is 13.0. The van der Waals surface area contributed by atoms with Crippen molar-refractivity contribution < 1.29 is 45.5 Å². The van der Waals surface area contributed by atoms with Crippen LogP contribution >= 0.6 is 0 Å². The number of rotatable bonds is 7. The minimum Gasteiger partial charge on any atom is -0.466 e. The molecule has 4 aromatic rings. The van der Waals surface area contributed by atoms with Gasteiger partial charge in [0.25, 0.3) is 11.8 Å². The normalized spacial score (nSPS) is 11.9. The highest BCUT2D eigenvalue weighted by Gasteiger charge is 2.38. The number of carbonyl (C=O) groups is 3. The molecule has 0 aliphatic carbocycles. The molecule has 0 unspecified atom stereocenters. The summed E-state index contributed by atoms with van der Waals surface area (Å²) in [6.45, 7) is 1.22. The van der Waals surface area contributed by atoms with Crippen LogP contribution in [0.2, 0.25) is 0 Å². The van der Waals surface area contributed by atoms with Crippen molar-refractivity contribution in [3.8, 4) is 22.3 Å². The maximum absolute atomic E-state index is 13.0. The summed E-state index contributed by atoms with van der Waals surface area (Å²) in [6, 6.07) is 20.7. The van der Waals surface area contributed by atoms with E-state index in [9.17, 15) is 40.7 Å². The molecule has 44 heavy (non-hydrogen) atoms. The molecule has 2 amide bonds. The van der Waals surface area contributed by atoms with Gasteiger partial charge >= 0.3 is 18.3 Å². The van der Waals surface area contributed by atoms with E-state index in [1.54, 1.807) is 0 Å². The van der Waals surface area contributed by atoms with Crippen LogP contribution in [0, 0.1) is 0 Å². The second-order valence-electron chi connectivity index (χ2n) is 9.83. The second kappa shape index (κ2) is 12.2. The molecule has 0 radical (unpaired) electrons. The third-order valence-corrected chi connectivity index (χ3v) is 6.71. The molecule has 0 aliphatic rings. The molecule has 0 aromatic heterocycles. The van der Waals surface area contributed by atoms with Crippen LogP contribution in [0.15, 0.2) is 97.1 Å². The summed E-state index contributed by atoms with van der Waals surface area (Å²) < 4.78 is 81.9. The minimum absolute atomic E-state index is 0.0888. The van der Waals surface area contributed by atoms with E-state index in [1.807, 2.05) is 0 Å². The molecule has 4 rings (SSSR count). The lowest BCUT2D eigenvalue weighted by Crippen LogP contribution is -2.64. The molecule has 0 spiro atoms. The van der Waals surface area contributed by atoms with E-state index in [2.05, 4.69) is 10.6 Å². The summed E-state index contributed by atoms with van der Waals surface area (Å²) in [6.07, 6.45) is -8.94. The predicted octanol–water partition coefficient (Wildman–Crippen LogP) is 7.11. The summed E-state index contributed by atoms with van der Waals surface area (Å²) in [4.78, 5) is 38.7. The van der Waals surface area contributed by atoms with E-state index in [1.165, 1.54) is 79.7 Å². The molecule has 0 saturated carbocycles. The summed E-state index contributed by atoms with van der Waals surface area (Å²) in [5.41, 5.74) is -1.37. The van der Waals surface area contributed by atoms with Crippen molar-refractivity contribution in [2.75, 3.05) is 7.11 Å². The van der Waals surface area contributed by atoms with Gasteiger partial charge in [-0.2, -0.15) is 26.3 Å². The van der Waals surface area contributed by atoms with Gasteiger partial charge in [-0.25, -0.2) is 4.79 Å². The standard InChI is InChI=1S/C32H24F6N2O4/c1-30(29(43)44-2,39-27(41)23-7-3-19(4-8-23)21-11-15-25(16-12-21)31(33,34)35)40-28(42)24-9-5-20(6-10-24)22-13-17-26(18-14-22)32(36,37)38/h3-18H,1-2H3,(H,39,41)(H,40,42). The molecule has 0 fully saturated rings. The predicted molar refractivity (Wildman–Crippen MR) is 149 cm³/mol. The molecular formula is C32H24F6N2O4. The smallest absolute Gasteiger partial charge is 0.416 e. The first-order valence-electron chi connectivity index (χ1n) is 12.9. The maximum Gasteiger partial charge on any atom is 0.416 e. The van der Waals surface area contributed by atoms with Crippen LogP contribution in [0.25, 0.3) is 22.3 Å². The number of nitrogens with one attached hydrogen (secondary N) is 2. The monoisotopic (exact) mass is 614 g/mol. The molecular weight excluding hydrogens is 590 g/mol. The van der Waals surface area contributed by atoms with Gasteiger partial charge in [-0.15, -0.1) is 0 Å². The number of hydrogen-bond donors (Lipinski definition) is 2. The number of amides is 2. The van der Waals surface area contributed by atoms with E-state index in [0.29, 0.717) is 22.3 Å². The topological polar surface area (TPSA) is 84.5 Å². The quantitative estimate of drug-likeness (QED) is 0.132. The Morgan fingerprint density at radius 3 is 1.05 bits per heavy atom. The van der Waals surface area contributed by atoms with Gasteiger partial charge in [-0.1, -0.05) is 48.5 Å². The van der Waals surface area contributed by atoms with Crippen LogP contribution in [0.5, 0.6) is 0 Å². The molecule has 0 heterocycles. The van der Waals surface area contributed by atoms with Crippen molar-refractivity contribution in [2.45, 2.75) is 24.9 Å². The zero-order valence-corrected chi connectivity index (χ0v) is 23.1. The lowest BCUT2D eigenvalue weighted by Gasteiger charge is -2.29. The van der Waals surface area contributed by atoms with E-state index >= 15 is 0 Å². The average Bonchev–Trinajstić information content (AvgIpc) is 3.00.